The van der Waals surface area contributed by atoms with Gasteiger partial charge in [-0.15, -0.1) is 0 Å². The Morgan fingerprint density at radius 3 is 2.48 bits per heavy atom. The SMILES string of the molecule is O=C(NCc1ccccc1)C(=O)C(C[C@@H]1CCNC1=O)NC(=O)[C@@H]1CC2(CCN1C(=O)c1cc3ccccc3[nH]1)CC2. The van der Waals surface area contributed by atoms with Crippen molar-refractivity contribution in [3.05, 3.63) is 71.9 Å². The number of hydrogen-bond donors (Lipinski definition) is 4. The van der Waals surface area contributed by atoms with Crippen molar-refractivity contribution in [1.29, 1.82) is 0 Å². The van der Waals surface area contributed by atoms with Gasteiger partial charge in [0.2, 0.25) is 17.6 Å². The molecule has 3 atom stereocenters. The number of carbonyl (C=O) groups excluding carboxylic acids is 5. The van der Waals surface area contributed by atoms with Crippen molar-refractivity contribution in [3.63, 3.8) is 0 Å². The molecule has 2 saturated heterocycles. The van der Waals surface area contributed by atoms with Crippen LogP contribution >= 0.6 is 0 Å². The maximum absolute atomic E-state index is 13.9. The Kier molecular flexibility index (Phi) is 7.53. The third-order valence-electron chi connectivity index (χ3n) is 9.00. The standard InChI is InChI=1S/C32H35N5O5/c38-27(30(41)34-19-20-6-2-1-3-7-20)24(17-22-10-14-33-28(22)39)36-29(40)26-18-32(11-12-32)13-15-37(26)31(42)25-16-21-8-4-5-9-23(21)35-25/h1-9,16,22,24,26,35H,10-15,17-19H2,(H,33,39)(H,34,41)(H,36,40)/t22-,24?,26-/m0/s1. The summed E-state index contributed by atoms with van der Waals surface area (Å²) >= 11 is 0. The number of H-pyrrole nitrogens is 1. The summed E-state index contributed by atoms with van der Waals surface area (Å²) in [5.74, 6) is -3.07. The molecular formula is C32H35N5O5. The number of likely N-dealkylation sites (tertiary alicyclic amines) is 1. The van der Waals surface area contributed by atoms with Crippen LogP contribution in [-0.4, -0.2) is 64.5 Å². The van der Waals surface area contributed by atoms with E-state index >= 15 is 0 Å². The number of aromatic nitrogens is 1. The first kappa shape index (κ1) is 27.7. The molecule has 2 aromatic carbocycles. The van der Waals surface area contributed by atoms with Crippen molar-refractivity contribution in [3.8, 4) is 0 Å². The number of benzene rings is 2. The van der Waals surface area contributed by atoms with Crippen molar-refractivity contribution in [2.24, 2.45) is 11.3 Å². The number of para-hydroxylation sites is 1. The summed E-state index contributed by atoms with van der Waals surface area (Å²) in [6.07, 6.45) is 3.84. The van der Waals surface area contributed by atoms with E-state index < -0.39 is 35.6 Å². The van der Waals surface area contributed by atoms with Crippen LogP contribution in [0.25, 0.3) is 10.9 Å². The molecule has 3 aromatic rings. The molecule has 10 heteroatoms. The predicted molar refractivity (Wildman–Crippen MR) is 155 cm³/mol. The maximum atomic E-state index is 13.9. The topological polar surface area (TPSA) is 140 Å². The molecule has 3 fully saturated rings. The lowest BCUT2D eigenvalue weighted by Gasteiger charge is -2.39. The molecule has 1 aliphatic carbocycles. The van der Waals surface area contributed by atoms with Crippen LogP contribution in [0.4, 0.5) is 0 Å². The normalized spacial score (nSPS) is 21.5. The first-order chi connectivity index (χ1) is 20.3. The van der Waals surface area contributed by atoms with Gasteiger partial charge in [-0.2, -0.15) is 0 Å². The van der Waals surface area contributed by atoms with Crippen LogP contribution in [0.3, 0.4) is 0 Å². The van der Waals surface area contributed by atoms with E-state index in [2.05, 4.69) is 20.9 Å². The number of Topliss-reactive ketones (excluding diaryl/α,β-unsaturated/α-hetero) is 1. The van der Waals surface area contributed by atoms with E-state index in [4.69, 9.17) is 0 Å². The molecular weight excluding hydrogens is 534 g/mol. The third kappa shape index (κ3) is 5.79. The number of amides is 4. The van der Waals surface area contributed by atoms with E-state index in [0.29, 0.717) is 31.6 Å². The van der Waals surface area contributed by atoms with E-state index in [-0.39, 0.29) is 30.2 Å². The molecule has 1 saturated carbocycles. The molecule has 3 aliphatic rings. The van der Waals surface area contributed by atoms with Crippen LogP contribution in [0, 0.1) is 11.3 Å². The summed E-state index contributed by atoms with van der Waals surface area (Å²) in [5, 5.41) is 9.11. The summed E-state index contributed by atoms with van der Waals surface area (Å²) in [4.78, 5) is 71.1. The molecule has 1 unspecified atom stereocenters. The van der Waals surface area contributed by atoms with Crippen molar-refractivity contribution in [2.75, 3.05) is 13.1 Å². The highest BCUT2D eigenvalue weighted by Gasteiger charge is 2.51. The number of hydrogen-bond acceptors (Lipinski definition) is 5. The van der Waals surface area contributed by atoms with E-state index in [1.54, 1.807) is 11.0 Å². The summed E-state index contributed by atoms with van der Waals surface area (Å²) in [7, 11) is 0. The molecule has 4 amide bonds. The summed E-state index contributed by atoms with van der Waals surface area (Å²) in [6, 6.07) is 16.6. The average molecular weight is 570 g/mol. The zero-order chi connectivity index (χ0) is 29.3. The van der Waals surface area contributed by atoms with Gasteiger partial charge >= 0.3 is 0 Å². The predicted octanol–water partition coefficient (Wildman–Crippen LogP) is 2.45. The molecule has 1 aromatic heterocycles. The molecule has 42 heavy (non-hydrogen) atoms. The van der Waals surface area contributed by atoms with Gasteiger partial charge in [0.05, 0.1) is 6.04 Å². The van der Waals surface area contributed by atoms with Crippen molar-refractivity contribution in [2.45, 2.75) is 57.2 Å². The van der Waals surface area contributed by atoms with Gasteiger partial charge in [-0.3, -0.25) is 24.0 Å². The molecule has 218 valence electrons. The molecule has 6 rings (SSSR count). The highest BCUT2D eigenvalue weighted by molar-refractivity contribution is 6.38. The Labute approximate surface area is 243 Å². The molecule has 3 heterocycles. The number of nitrogens with one attached hydrogen (secondary N) is 4. The molecule has 0 radical (unpaired) electrons. The first-order valence-electron chi connectivity index (χ1n) is 14.6. The number of rotatable bonds is 9. The highest BCUT2D eigenvalue weighted by Crippen LogP contribution is 2.55. The minimum Gasteiger partial charge on any atom is -0.356 e. The molecule has 4 N–H and O–H groups in total. The molecule has 10 nitrogen and oxygen atoms in total. The van der Waals surface area contributed by atoms with E-state index in [0.717, 1.165) is 35.7 Å². The number of piperidine rings is 1. The Morgan fingerprint density at radius 2 is 1.76 bits per heavy atom. The number of carbonyl (C=O) groups is 5. The van der Waals surface area contributed by atoms with Crippen LogP contribution in [0.1, 0.15) is 54.6 Å². The van der Waals surface area contributed by atoms with Gasteiger partial charge in [0.25, 0.3) is 11.8 Å². The monoisotopic (exact) mass is 569 g/mol. The highest BCUT2D eigenvalue weighted by atomic mass is 16.2. The largest absolute Gasteiger partial charge is 0.356 e. The number of aromatic amines is 1. The number of fused-ring (bicyclic) bond motifs is 1. The lowest BCUT2D eigenvalue weighted by Crippen LogP contribution is -2.58. The van der Waals surface area contributed by atoms with Gasteiger partial charge in [-0.1, -0.05) is 48.5 Å². The third-order valence-corrected chi connectivity index (χ3v) is 9.00. The van der Waals surface area contributed by atoms with Crippen LogP contribution in [0.5, 0.6) is 0 Å². The van der Waals surface area contributed by atoms with Crippen LogP contribution in [0.15, 0.2) is 60.7 Å². The van der Waals surface area contributed by atoms with Gasteiger partial charge in [-0.05, 0) is 61.6 Å². The molecule has 1 spiro atoms. The molecule has 0 bridgehead atoms. The van der Waals surface area contributed by atoms with Crippen molar-refractivity contribution in [1.82, 2.24) is 25.8 Å². The van der Waals surface area contributed by atoms with Crippen LogP contribution < -0.4 is 16.0 Å². The summed E-state index contributed by atoms with van der Waals surface area (Å²) in [5.41, 5.74) is 2.09. The minimum atomic E-state index is -1.19. The quantitative estimate of drug-likeness (QED) is 0.293. The lowest BCUT2D eigenvalue weighted by molar-refractivity contribution is -0.141. The maximum Gasteiger partial charge on any atom is 0.289 e. The Morgan fingerprint density at radius 1 is 1.00 bits per heavy atom. The summed E-state index contributed by atoms with van der Waals surface area (Å²) in [6.45, 7) is 1.07. The number of nitrogens with zero attached hydrogens (tertiary/aromatic N) is 1. The second kappa shape index (κ2) is 11.4. The fourth-order valence-corrected chi connectivity index (χ4v) is 6.26. The van der Waals surface area contributed by atoms with Gasteiger partial charge < -0.3 is 25.8 Å². The number of ketones is 1. The fourth-order valence-electron chi connectivity index (χ4n) is 6.26. The minimum absolute atomic E-state index is 0.0169. The Bertz CT molecular complexity index is 1500. The van der Waals surface area contributed by atoms with E-state index in [9.17, 15) is 24.0 Å². The lowest BCUT2D eigenvalue weighted by atomic mass is 9.86. The zero-order valence-electron chi connectivity index (χ0n) is 23.4. The van der Waals surface area contributed by atoms with Crippen LogP contribution in [0.2, 0.25) is 0 Å². The van der Waals surface area contributed by atoms with Gasteiger partial charge in [0.1, 0.15) is 11.7 Å². The van der Waals surface area contributed by atoms with Gasteiger partial charge in [0, 0.05) is 36.5 Å². The molecule has 2 aliphatic heterocycles. The summed E-state index contributed by atoms with van der Waals surface area (Å²) < 4.78 is 0. The second-order valence-electron chi connectivity index (χ2n) is 11.8. The van der Waals surface area contributed by atoms with Crippen molar-refractivity contribution >= 4 is 40.3 Å². The first-order valence-corrected chi connectivity index (χ1v) is 14.6. The van der Waals surface area contributed by atoms with Crippen LogP contribution in [-0.2, 0) is 25.7 Å². The fraction of sp³-hybridized carbons (Fsp3) is 0.406. The zero-order valence-corrected chi connectivity index (χ0v) is 23.4. The second-order valence-corrected chi connectivity index (χ2v) is 11.8. The van der Waals surface area contributed by atoms with Gasteiger partial charge in [-0.25, -0.2) is 0 Å². The van der Waals surface area contributed by atoms with E-state index in [1.807, 2.05) is 54.6 Å². The Hall–Kier alpha value is -4.47. The average Bonchev–Trinajstić information content (AvgIpc) is 3.41. The van der Waals surface area contributed by atoms with Gasteiger partial charge in [0.15, 0.2) is 0 Å². The van der Waals surface area contributed by atoms with Crippen molar-refractivity contribution < 1.29 is 24.0 Å². The van der Waals surface area contributed by atoms with E-state index in [1.165, 1.54) is 0 Å². The smallest absolute Gasteiger partial charge is 0.289 e. The Balaban J connectivity index is 1.21.